The molecule has 1 rings (SSSR count). The molecule has 0 spiro atoms. The number of nitrogens with zero attached hydrogens (tertiary/aromatic N) is 1. The van der Waals surface area contributed by atoms with Crippen molar-refractivity contribution in [1.82, 2.24) is 10.2 Å². The number of rotatable bonds is 5. The monoisotopic (exact) mass is 256 g/mol. The second kappa shape index (κ2) is 6.61. The third kappa shape index (κ3) is 4.55. The summed E-state index contributed by atoms with van der Waals surface area (Å²) in [5.41, 5.74) is 0. The quantitative estimate of drug-likeness (QED) is 0.787. The SMILES string of the molecule is CC(C)C(C)CNC(=O)N1CCC(CC(=O)O)C1. The van der Waals surface area contributed by atoms with E-state index in [2.05, 4.69) is 26.1 Å². The van der Waals surface area contributed by atoms with Crippen molar-refractivity contribution >= 4 is 12.0 Å². The van der Waals surface area contributed by atoms with Crippen molar-refractivity contribution in [1.29, 1.82) is 0 Å². The van der Waals surface area contributed by atoms with Gasteiger partial charge in [0, 0.05) is 26.1 Å². The van der Waals surface area contributed by atoms with Crippen LogP contribution in [0.3, 0.4) is 0 Å². The molecule has 18 heavy (non-hydrogen) atoms. The molecule has 0 radical (unpaired) electrons. The molecule has 1 fully saturated rings. The molecule has 5 nitrogen and oxygen atoms in total. The highest BCUT2D eigenvalue weighted by atomic mass is 16.4. The maximum absolute atomic E-state index is 11.9. The fourth-order valence-corrected chi connectivity index (χ4v) is 2.03. The zero-order valence-electron chi connectivity index (χ0n) is 11.5. The third-order valence-electron chi connectivity index (χ3n) is 3.75. The number of nitrogens with one attached hydrogen (secondary N) is 1. The average Bonchev–Trinajstić information content (AvgIpc) is 2.72. The summed E-state index contributed by atoms with van der Waals surface area (Å²) in [6.45, 7) is 8.29. The number of hydrogen-bond acceptors (Lipinski definition) is 2. The van der Waals surface area contributed by atoms with Crippen molar-refractivity contribution in [2.45, 2.75) is 33.6 Å². The Bertz CT molecular complexity index is 305. The summed E-state index contributed by atoms with van der Waals surface area (Å²) >= 11 is 0. The van der Waals surface area contributed by atoms with Crippen molar-refractivity contribution in [2.75, 3.05) is 19.6 Å². The number of amides is 2. The first-order chi connectivity index (χ1) is 8.40. The van der Waals surface area contributed by atoms with Crippen LogP contribution in [0, 0.1) is 17.8 Å². The molecule has 2 atom stereocenters. The first kappa shape index (κ1) is 14.8. The number of carbonyl (C=O) groups is 2. The molecule has 2 amide bonds. The van der Waals surface area contributed by atoms with Gasteiger partial charge in [-0.25, -0.2) is 4.79 Å². The molecule has 1 aliphatic heterocycles. The number of hydrogen-bond donors (Lipinski definition) is 2. The van der Waals surface area contributed by atoms with Gasteiger partial charge in [-0.15, -0.1) is 0 Å². The van der Waals surface area contributed by atoms with Gasteiger partial charge in [0.15, 0.2) is 0 Å². The van der Waals surface area contributed by atoms with E-state index in [1.165, 1.54) is 0 Å². The Morgan fingerprint density at radius 1 is 1.39 bits per heavy atom. The Hall–Kier alpha value is -1.26. The summed E-state index contributed by atoms with van der Waals surface area (Å²) in [6, 6.07) is -0.0598. The van der Waals surface area contributed by atoms with Crippen molar-refractivity contribution in [2.24, 2.45) is 17.8 Å². The molecule has 0 aromatic heterocycles. The number of carboxylic acid groups (broad SMARTS) is 1. The summed E-state index contributed by atoms with van der Waals surface area (Å²) in [7, 11) is 0. The Morgan fingerprint density at radius 2 is 2.06 bits per heavy atom. The highest BCUT2D eigenvalue weighted by Gasteiger charge is 2.27. The van der Waals surface area contributed by atoms with E-state index in [9.17, 15) is 9.59 Å². The molecule has 1 aliphatic rings. The van der Waals surface area contributed by atoms with Gasteiger partial charge in [-0.1, -0.05) is 20.8 Å². The van der Waals surface area contributed by atoms with Crippen LogP contribution in [0.25, 0.3) is 0 Å². The lowest BCUT2D eigenvalue weighted by Crippen LogP contribution is -2.41. The lowest BCUT2D eigenvalue weighted by Gasteiger charge is -2.20. The topological polar surface area (TPSA) is 69.6 Å². The largest absolute Gasteiger partial charge is 0.481 e. The smallest absolute Gasteiger partial charge is 0.317 e. The van der Waals surface area contributed by atoms with Crippen molar-refractivity contribution < 1.29 is 14.7 Å². The van der Waals surface area contributed by atoms with E-state index in [4.69, 9.17) is 5.11 Å². The first-order valence-corrected chi connectivity index (χ1v) is 6.64. The third-order valence-corrected chi connectivity index (χ3v) is 3.75. The normalized spacial score (nSPS) is 21.1. The second-order valence-electron chi connectivity index (χ2n) is 5.61. The maximum Gasteiger partial charge on any atom is 0.317 e. The number of carboxylic acids is 1. The standard InChI is InChI=1S/C13H24N2O3/c1-9(2)10(3)7-14-13(18)15-5-4-11(8-15)6-12(16)17/h9-11H,4-8H2,1-3H3,(H,14,18)(H,16,17). The van der Waals surface area contributed by atoms with Gasteiger partial charge < -0.3 is 15.3 Å². The van der Waals surface area contributed by atoms with Gasteiger partial charge in [0.1, 0.15) is 0 Å². The number of carbonyl (C=O) groups excluding carboxylic acids is 1. The average molecular weight is 256 g/mol. The van der Waals surface area contributed by atoms with Gasteiger partial charge >= 0.3 is 12.0 Å². The predicted octanol–water partition coefficient (Wildman–Crippen LogP) is 1.78. The van der Waals surface area contributed by atoms with Crippen LogP contribution in [0.1, 0.15) is 33.6 Å². The van der Waals surface area contributed by atoms with Gasteiger partial charge in [-0.2, -0.15) is 0 Å². The highest BCUT2D eigenvalue weighted by Crippen LogP contribution is 2.19. The number of likely N-dealkylation sites (tertiary alicyclic amines) is 1. The lowest BCUT2D eigenvalue weighted by molar-refractivity contribution is -0.138. The summed E-state index contributed by atoms with van der Waals surface area (Å²) in [6.07, 6.45) is 0.950. The molecule has 104 valence electrons. The molecular weight excluding hydrogens is 232 g/mol. The van der Waals surface area contributed by atoms with Crippen molar-refractivity contribution in [3.05, 3.63) is 0 Å². The molecule has 0 bridgehead atoms. The molecule has 0 aromatic carbocycles. The minimum absolute atomic E-state index is 0.0598. The van der Waals surface area contributed by atoms with Crippen LogP contribution in [0.15, 0.2) is 0 Å². The molecule has 2 N–H and O–H groups in total. The van der Waals surface area contributed by atoms with Gasteiger partial charge in [0.2, 0.25) is 0 Å². The van der Waals surface area contributed by atoms with Crippen LogP contribution in [0.2, 0.25) is 0 Å². The van der Waals surface area contributed by atoms with Gasteiger partial charge in [-0.3, -0.25) is 4.79 Å². The van der Waals surface area contributed by atoms with Gasteiger partial charge in [0.05, 0.1) is 0 Å². The minimum atomic E-state index is -0.782. The molecular formula is C13H24N2O3. The first-order valence-electron chi connectivity index (χ1n) is 6.64. The molecule has 2 unspecified atom stereocenters. The van der Waals surface area contributed by atoms with Crippen molar-refractivity contribution in [3.63, 3.8) is 0 Å². The zero-order chi connectivity index (χ0) is 13.7. The number of aliphatic carboxylic acids is 1. The van der Waals surface area contributed by atoms with Gasteiger partial charge in [-0.05, 0) is 24.2 Å². The number of urea groups is 1. The van der Waals surface area contributed by atoms with Crippen LogP contribution in [0.4, 0.5) is 4.79 Å². The molecule has 5 heteroatoms. The Balaban J connectivity index is 2.29. The molecule has 0 aliphatic carbocycles. The Morgan fingerprint density at radius 3 is 2.61 bits per heavy atom. The molecule has 0 saturated carbocycles. The summed E-state index contributed by atoms with van der Waals surface area (Å²) in [5.74, 6) is 0.321. The van der Waals surface area contributed by atoms with E-state index in [-0.39, 0.29) is 18.4 Å². The minimum Gasteiger partial charge on any atom is -0.481 e. The van der Waals surface area contributed by atoms with Crippen LogP contribution < -0.4 is 5.32 Å². The highest BCUT2D eigenvalue weighted by molar-refractivity contribution is 5.74. The summed E-state index contributed by atoms with van der Waals surface area (Å²) in [4.78, 5) is 24.2. The fraction of sp³-hybridized carbons (Fsp3) is 0.846. The van der Waals surface area contributed by atoms with Gasteiger partial charge in [0.25, 0.3) is 0 Å². The summed E-state index contributed by atoms with van der Waals surface area (Å²) < 4.78 is 0. The molecule has 1 saturated heterocycles. The lowest BCUT2D eigenvalue weighted by atomic mass is 9.98. The second-order valence-corrected chi connectivity index (χ2v) is 5.61. The van der Waals surface area contributed by atoms with E-state index in [0.717, 1.165) is 6.42 Å². The van der Waals surface area contributed by atoms with Crippen LogP contribution in [0.5, 0.6) is 0 Å². The van der Waals surface area contributed by atoms with E-state index in [1.54, 1.807) is 4.90 Å². The molecule has 0 aromatic rings. The van der Waals surface area contributed by atoms with Crippen LogP contribution >= 0.6 is 0 Å². The van der Waals surface area contributed by atoms with Crippen molar-refractivity contribution in [3.8, 4) is 0 Å². The Kier molecular flexibility index (Phi) is 5.44. The van der Waals surface area contributed by atoms with Crippen LogP contribution in [-0.4, -0.2) is 41.6 Å². The fourth-order valence-electron chi connectivity index (χ4n) is 2.03. The van der Waals surface area contributed by atoms with E-state index in [1.807, 2.05) is 0 Å². The zero-order valence-corrected chi connectivity index (χ0v) is 11.5. The predicted molar refractivity (Wildman–Crippen MR) is 69.3 cm³/mol. The van der Waals surface area contributed by atoms with Crippen LogP contribution in [-0.2, 0) is 4.79 Å². The van der Waals surface area contributed by atoms with E-state index in [0.29, 0.717) is 31.5 Å². The van der Waals surface area contributed by atoms with E-state index >= 15 is 0 Å². The summed E-state index contributed by atoms with van der Waals surface area (Å²) in [5, 5.41) is 11.6. The molecule has 1 heterocycles. The Labute approximate surface area is 109 Å². The maximum atomic E-state index is 11.9. The van der Waals surface area contributed by atoms with E-state index < -0.39 is 5.97 Å².